The maximum atomic E-state index is 13.5. The van der Waals surface area contributed by atoms with Crippen molar-refractivity contribution in [2.24, 2.45) is 22.7 Å². The van der Waals surface area contributed by atoms with Crippen molar-refractivity contribution in [2.45, 2.75) is 46.0 Å². The summed E-state index contributed by atoms with van der Waals surface area (Å²) in [6.45, 7) is 12.8. The van der Waals surface area contributed by atoms with Crippen molar-refractivity contribution in [3.05, 3.63) is 12.2 Å². The topological polar surface area (TPSA) is 49.9 Å². The zero-order chi connectivity index (χ0) is 18.5. The second kappa shape index (κ2) is 6.36. The number of likely N-dealkylation sites (tertiary alicyclic amines) is 1. The molecule has 26 heavy (non-hydrogen) atoms. The zero-order valence-corrected chi connectivity index (χ0v) is 16.3. The highest BCUT2D eigenvalue weighted by Crippen LogP contribution is 2.66. The van der Waals surface area contributed by atoms with Gasteiger partial charge >= 0.3 is 0 Å². The molecular weight excluding hydrogens is 328 g/mol. The third kappa shape index (κ3) is 2.62. The van der Waals surface area contributed by atoms with Crippen LogP contribution in [0.15, 0.2) is 12.2 Å². The molecule has 0 N–H and O–H groups in total. The third-order valence-electron chi connectivity index (χ3n) is 7.68. The Kier molecular flexibility index (Phi) is 4.41. The number of carbonyl (C=O) groups excluding carboxylic acids is 2. The summed E-state index contributed by atoms with van der Waals surface area (Å²) in [5.74, 6) is 0.977. The summed E-state index contributed by atoms with van der Waals surface area (Å²) in [6.07, 6.45) is 4.83. The van der Waals surface area contributed by atoms with Crippen LogP contribution in [0.4, 0.5) is 0 Å². The Morgan fingerprint density at radius 2 is 1.85 bits per heavy atom. The van der Waals surface area contributed by atoms with Crippen LogP contribution in [0.3, 0.4) is 0 Å². The van der Waals surface area contributed by atoms with Crippen molar-refractivity contribution in [1.29, 1.82) is 0 Å². The maximum Gasteiger partial charge on any atom is 0.232 e. The van der Waals surface area contributed by atoms with Crippen LogP contribution in [-0.2, 0) is 14.3 Å². The highest BCUT2D eigenvalue weighted by atomic mass is 16.5. The second-order valence-corrected chi connectivity index (χ2v) is 9.25. The van der Waals surface area contributed by atoms with Crippen LogP contribution in [0, 0.1) is 22.7 Å². The second-order valence-electron chi connectivity index (χ2n) is 9.25. The first-order valence-electron chi connectivity index (χ1n) is 10.2. The van der Waals surface area contributed by atoms with Gasteiger partial charge in [-0.15, -0.1) is 0 Å². The van der Waals surface area contributed by atoms with Crippen LogP contribution in [0.25, 0.3) is 0 Å². The summed E-state index contributed by atoms with van der Waals surface area (Å²) in [5, 5.41) is 0. The smallest absolute Gasteiger partial charge is 0.232 e. The first kappa shape index (κ1) is 18.0. The molecule has 2 aliphatic carbocycles. The number of ether oxygens (including phenoxy) is 1. The van der Waals surface area contributed by atoms with Gasteiger partial charge in [0, 0.05) is 26.2 Å². The third-order valence-corrected chi connectivity index (χ3v) is 7.68. The summed E-state index contributed by atoms with van der Waals surface area (Å²) >= 11 is 0. The van der Waals surface area contributed by atoms with Gasteiger partial charge in [-0.1, -0.05) is 26.0 Å². The van der Waals surface area contributed by atoms with Gasteiger partial charge in [0.15, 0.2) is 0 Å². The molecule has 0 aromatic carbocycles. The van der Waals surface area contributed by atoms with Crippen molar-refractivity contribution in [3.63, 3.8) is 0 Å². The minimum atomic E-state index is -0.363. The molecule has 0 aromatic rings. The van der Waals surface area contributed by atoms with E-state index in [2.05, 4.69) is 20.4 Å². The van der Waals surface area contributed by atoms with E-state index >= 15 is 0 Å². The number of rotatable bonds is 2. The number of hydrogen-bond donors (Lipinski definition) is 0. The normalized spacial score (nSPS) is 36.5. The van der Waals surface area contributed by atoms with Crippen LogP contribution >= 0.6 is 0 Å². The number of piperidine rings is 1. The van der Waals surface area contributed by atoms with Gasteiger partial charge in [0.05, 0.1) is 24.5 Å². The lowest BCUT2D eigenvalue weighted by Crippen LogP contribution is -2.52. The number of morpholine rings is 1. The SMILES string of the molecule is C=C1C2(C(=O)N3CCCC(C(=O)N4CCOCC4)C3)CCC(C2)C1(C)C. The molecule has 0 spiro atoms. The molecule has 2 amide bonds. The standard InChI is InChI=1S/C21H32N2O3/c1-15-20(2,3)17-6-7-21(15,13-17)19(25)23-8-4-5-16(14-23)18(24)22-9-11-26-12-10-22/h16-17H,1,4-14H2,2-3H3. The van der Waals surface area contributed by atoms with E-state index in [1.165, 1.54) is 0 Å². The Labute approximate surface area is 156 Å². The van der Waals surface area contributed by atoms with E-state index in [0.29, 0.717) is 38.8 Å². The van der Waals surface area contributed by atoms with Gasteiger partial charge in [-0.25, -0.2) is 0 Å². The molecule has 3 unspecified atom stereocenters. The Bertz CT molecular complexity index is 623. The van der Waals surface area contributed by atoms with Gasteiger partial charge in [-0.05, 0) is 43.4 Å². The molecule has 0 aromatic heterocycles. The van der Waals surface area contributed by atoms with Crippen LogP contribution in [0.2, 0.25) is 0 Å². The van der Waals surface area contributed by atoms with Crippen molar-refractivity contribution >= 4 is 11.8 Å². The summed E-state index contributed by atoms with van der Waals surface area (Å²) in [6, 6.07) is 0. The molecular formula is C21H32N2O3. The lowest BCUT2D eigenvalue weighted by molar-refractivity contribution is -0.147. The number of carbonyl (C=O) groups is 2. The monoisotopic (exact) mass is 360 g/mol. The van der Waals surface area contributed by atoms with Crippen LogP contribution in [-0.4, -0.2) is 61.0 Å². The Morgan fingerprint density at radius 1 is 1.12 bits per heavy atom. The number of hydrogen-bond acceptors (Lipinski definition) is 3. The Morgan fingerprint density at radius 3 is 2.50 bits per heavy atom. The van der Waals surface area contributed by atoms with Crippen molar-refractivity contribution < 1.29 is 14.3 Å². The molecule has 2 bridgehead atoms. The first-order valence-corrected chi connectivity index (χ1v) is 10.2. The fourth-order valence-electron chi connectivity index (χ4n) is 5.83. The van der Waals surface area contributed by atoms with Crippen LogP contribution in [0.1, 0.15) is 46.0 Å². The fraction of sp³-hybridized carbons (Fsp3) is 0.810. The van der Waals surface area contributed by atoms with E-state index in [1.807, 2.05) is 9.80 Å². The van der Waals surface area contributed by atoms with E-state index in [9.17, 15) is 9.59 Å². The van der Waals surface area contributed by atoms with Crippen molar-refractivity contribution in [2.75, 3.05) is 39.4 Å². The van der Waals surface area contributed by atoms with Gasteiger partial charge in [0.1, 0.15) is 0 Å². The minimum Gasteiger partial charge on any atom is -0.378 e. The first-order chi connectivity index (χ1) is 12.4. The molecule has 3 atom stereocenters. The van der Waals surface area contributed by atoms with E-state index in [0.717, 1.165) is 44.2 Å². The van der Waals surface area contributed by atoms with E-state index in [4.69, 9.17) is 4.74 Å². The number of fused-ring (bicyclic) bond motifs is 2. The van der Waals surface area contributed by atoms with Gasteiger partial charge in [0.25, 0.3) is 0 Å². The van der Waals surface area contributed by atoms with Gasteiger partial charge < -0.3 is 14.5 Å². The molecule has 2 saturated heterocycles. The Hall–Kier alpha value is -1.36. The van der Waals surface area contributed by atoms with Gasteiger partial charge in [-0.3, -0.25) is 9.59 Å². The average Bonchev–Trinajstić information content (AvgIpc) is 3.20. The quantitative estimate of drug-likeness (QED) is 0.711. The van der Waals surface area contributed by atoms with Crippen molar-refractivity contribution in [3.8, 4) is 0 Å². The molecule has 144 valence electrons. The number of nitrogens with zero attached hydrogens (tertiary/aromatic N) is 2. The molecule has 0 radical (unpaired) electrons. The van der Waals surface area contributed by atoms with E-state index in [-0.39, 0.29) is 28.6 Å². The predicted molar refractivity (Wildman–Crippen MR) is 99.4 cm³/mol. The molecule has 4 aliphatic rings. The summed E-state index contributed by atoms with van der Waals surface area (Å²) in [4.78, 5) is 30.3. The van der Waals surface area contributed by atoms with Gasteiger partial charge in [-0.2, -0.15) is 0 Å². The fourth-order valence-corrected chi connectivity index (χ4v) is 5.83. The maximum absolute atomic E-state index is 13.5. The van der Waals surface area contributed by atoms with Gasteiger partial charge in [0.2, 0.25) is 11.8 Å². The predicted octanol–water partition coefficient (Wildman–Crippen LogP) is 2.47. The van der Waals surface area contributed by atoms with Crippen LogP contribution < -0.4 is 0 Å². The molecule has 5 nitrogen and oxygen atoms in total. The Balaban J connectivity index is 1.47. The van der Waals surface area contributed by atoms with E-state index < -0.39 is 0 Å². The van der Waals surface area contributed by atoms with E-state index in [1.54, 1.807) is 0 Å². The molecule has 2 aliphatic heterocycles. The largest absolute Gasteiger partial charge is 0.378 e. The lowest BCUT2D eigenvalue weighted by atomic mass is 9.68. The summed E-state index contributed by atoms with van der Waals surface area (Å²) in [7, 11) is 0. The van der Waals surface area contributed by atoms with Crippen molar-refractivity contribution in [1.82, 2.24) is 9.80 Å². The average molecular weight is 360 g/mol. The molecule has 2 heterocycles. The van der Waals surface area contributed by atoms with Crippen LogP contribution in [0.5, 0.6) is 0 Å². The summed E-state index contributed by atoms with van der Waals surface area (Å²) in [5.41, 5.74) is 0.831. The molecule has 5 heteroatoms. The highest BCUT2D eigenvalue weighted by Gasteiger charge is 2.61. The highest BCUT2D eigenvalue weighted by molar-refractivity contribution is 5.88. The lowest BCUT2D eigenvalue weighted by Gasteiger charge is -2.42. The molecule has 4 rings (SSSR count). The zero-order valence-electron chi connectivity index (χ0n) is 16.3. The minimum absolute atomic E-state index is 0.0536. The molecule has 2 saturated carbocycles. The molecule has 4 fully saturated rings. The number of amides is 2. The summed E-state index contributed by atoms with van der Waals surface area (Å²) < 4.78 is 5.36.